The molecule has 0 fully saturated rings. The average Bonchev–Trinajstić information content (AvgIpc) is 2.80. The van der Waals surface area contributed by atoms with Gasteiger partial charge >= 0.3 is 0 Å². The van der Waals surface area contributed by atoms with Crippen molar-refractivity contribution in [1.82, 2.24) is 9.55 Å². The average molecular weight is 397 g/mol. The number of rotatable bonds is 3. The molecule has 3 aromatic carbocycles. The standard InChI is InChI=1S/C24H19N3O3/c28-23-14-25-18-10-4-5-11-19(18)26(23)15-24(29)27-20-12-6-7-13-22(20)30-16-21(27)17-8-2-1-3-9-17/h1-14,21H,15-16H2. The molecule has 0 radical (unpaired) electrons. The molecule has 1 aliphatic heterocycles. The Morgan fingerprint density at radius 2 is 1.70 bits per heavy atom. The highest BCUT2D eigenvalue weighted by atomic mass is 16.5. The molecule has 4 aromatic rings. The molecule has 6 heteroatoms. The normalized spacial score (nSPS) is 15.5. The third kappa shape index (κ3) is 3.12. The summed E-state index contributed by atoms with van der Waals surface area (Å²) in [5, 5.41) is 0. The van der Waals surface area contributed by atoms with Crippen LogP contribution in [0.4, 0.5) is 5.69 Å². The van der Waals surface area contributed by atoms with Crippen LogP contribution in [0, 0.1) is 0 Å². The largest absolute Gasteiger partial charge is 0.489 e. The molecule has 0 bridgehead atoms. The van der Waals surface area contributed by atoms with Crippen LogP contribution in [-0.4, -0.2) is 22.1 Å². The van der Waals surface area contributed by atoms with Gasteiger partial charge < -0.3 is 4.74 Å². The zero-order chi connectivity index (χ0) is 20.5. The minimum atomic E-state index is -0.306. The molecule has 1 amide bonds. The second-order valence-corrected chi connectivity index (χ2v) is 7.14. The molecule has 5 rings (SSSR count). The first-order valence-corrected chi connectivity index (χ1v) is 9.76. The molecule has 1 atom stereocenters. The summed E-state index contributed by atoms with van der Waals surface area (Å²) >= 11 is 0. The lowest BCUT2D eigenvalue weighted by atomic mass is 10.0. The van der Waals surface area contributed by atoms with E-state index in [1.807, 2.05) is 72.8 Å². The van der Waals surface area contributed by atoms with E-state index in [9.17, 15) is 9.59 Å². The van der Waals surface area contributed by atoms with Gasteiger partial charge in [0.15, 0.2) is 0 Å². The minimum Gasteiger partial charge on any atom is -0.489 e. The Labute approximate surface area is 173 Å². The third-order valence-corrected chi connectivity index (χ3v) is 5.33. The number of amides is 1. The van der Waals surface area contributed by atoms with Crippen LogP contribution in [0.15, 0.2) is 89.9 Å². The molecule has 1 unspecified atom stereocenters. The van der Waals surface area contributed by atoms with E-state index in [-0.39, 0.29) is 24.1 Å². The molecular formula is C24H19N3O3. The lowest BCUT2D eigenvalue weighted by Gasteiger charge is -2.37. The number of anilines is 1. The van der Waals surface area contributed by atoms with Crippen LogP contribution in [0.1, 0.15) is 11.6 Å². The topological polar surface area (TPSA) is 64.4 Å². The van der Waals surface area contributed by atoms with E-state index in [2.05, 4.69) is 4.98 Å². The van der Waals surface area contributed by atoms with E-state index >= 15 is 0 Å². The molecular weight excluding hydrogens is 378 g/mol. The number of aromatic nitrogens is 2. The lowest BCUT2D eigenvalue weighted by molar-refractivity contribution is -0.120. The molecule has 1 aliphatic rings. The summed E-state index contributed by atoms with van der Waals surface area (Å²) in [4.78, 5) is 32.1. The molecule has 6 nitrogen and oxygen atoms in total. The van der Waals surface area contributed by atoms with Gasteiger partial charge in [-0.1, -0.05) is 54.6 Å². The van der Waals surface area contributed by atoms with Crippen molar-refractivity contribution in [2.45, 2.75) is 12.6 Å². The van der Waals surface area contributed by atoms with Gasteiger partial charge in [-0.15, -0.1) is 0 Å². The van der Waals surface area contributed by atoms with Crippen LogP contribution in [-0.2, 0) is 11.3 Å². The zero-order valence-electron chi connectivity index (χ0n) is 16.1. The number of hydrogen-bond donors (Lipinski definition) is 0. The Balaban J connectivity index is 1.59. The number of nitrogens with zero attached hydrogens (tertiary/aromatic N) is 3. The summed E-state index contributed by atoms with van der Waals surface area (Å²) in [5.41, 5.74) is 2.68. The summed E-state index contributed by atoms with van der Waals surface area (Å²) in [6.07, 6.45) is 1.26. The van der Waals surface area contributed by atoms with E-state index in [4.69, 9.17) is 4.74 Å². The predicted octanol–water partition coefficient (Wildman–Crippen LogP) is 3.56. The molecule has 2 heterocycles. The van der Waals surface area contributed by atoms with Gasteiger partial charge in [0.1, 0.15) is 18.9 Å². The van der Waals surface area contributed by atoms with Crippen molar-refractivity contribution in [1.29, 1.82) is 0 Å². The smallest absolute Gasteiger partial charge is 0.269 e. The maximum atomic E-state index is 13.6. The highest BCUT2D eigenvalue weighted by Gasteiger charge is 2.33. The molecule has 0 aliphatic carbocycles. The van der Waals surface area contributed by atoms with E-state index < -0.39 is 0 Å². The number of fused-ring (bicyclic) bond motifs is 2. The maximum Gasteiger partial charge on any atom is 0.269 e. The van der Waals surface area contributed by atoms with Crippen LogP contribution in [0.3, 0.4) is 0 Å². The van der Waals surface area contributed by atoms with Crippen LogP contribution in [0.2, 0.25) is 0 Å². The Hall–Kier alpha value is -3.93. The summed E-state index contributed by atoms with van der Waals surface area (Å²) in [6.45, 7) is 0.262. The Morgan fingerprint density at radius 3 is 2.57 bits per heavy atom. The monoisotopic (exact) mass is 397 g/mol. The first-order valence-electron chi connectivity index (χ1n) is 9.76. The van der Waals surface area contributed by atoms with Gasteiger partial charge in [0.05, 0.1) is 29.0 Å². The van der Waals surface area contributed by atoms with Gasteiger partial charge in [-0.25, -0.2) is 4.98 Å². The Bertz CT molecular complexity index is 1280. The molecule has 0 saturated heterocycles. The second-order valence-electron chi connectivity index (χ2n) is 7.14. The molecule has 30 heavy (non-hydrogen) atoms. The quantitative estimate of drug-likeness (QED) is 0.530. The Kier molecular flexibility index (Phi) is 4.52. The van der Waals surface area contributed by atoms with Gasteiger partial charge in [-0.3, -0.25) is 19.1 Å². The lowest BCUT2D eigenvalue weighted by Crippen LogP contribution is -2.43. The van der Waals surface area contributed by atoms with Crippen molar-refractivity contribution in [2.75, 3.05) is 11.5 Å². The zero-order valence-corrected chi connectivity index (χ0v) is 16.1. The van der Waals surface area contributed by atoms with E-state index in [1.54, 1.807) is 11.0 Å². The van der Waals surface area contributed by atoms with Crippen molar-refractivity contribution in [3.63, 3.8) is 0 Å². The van der Waals surface area contributed by atoms with Gasteiger partial charge in [0, 0.05) is 0 Å². The van der Waals surface area contributed by atoms with Crippen LogP contribution in [0.25, 0.3) is 11.0 Å². The summed E-state index contributed by atoms with van der Waals surface area (Å²) in [7, 11) is 0. The predicted molar refractivity (Wildman–Crippen MR) is 115 cm³/mol. The van der Waals surface area contributed by atoms with Gasteiger partial charge in [-0.2, -0.15) is 0 Å². The van der Waals surface area contributed by atoms with Crippen molar-refractivity contribution in [3.8, 4) is 5.75 Å². The maximum absolute atomic E-state index is 13.6. The van der Waals surface area contributed by atoms with Crippen LogP contribution < -0.4 is 15.2 Å². The van der Waals surface area contributed by atoms with Gasteiger partial charge in [-0.05, 0) is 29.8 Å². The molecule has 1 aromatic heterocycles. The summed E-state index contributed by atoms with van der Waals surface area (Å²) < 4.78 is 7.42. The van der Waals surface area contributed by atoms with E-state index in [0.717, 1.165) is 5.56 Å². The van der Waals surface area contributed by atoms with Crippen molar-refractivity contribution < 1.29 is 9.53 Å². The fraction of sp³-hybridized carbons (Fsp3) is 0.125. The highest BCUT2D eigenvalue weighted by molar-refractivity contribution is 5.96. The number of carbonyl (C=O) groups excluding carboxylic acids is 1. The van der Waals surface area contributed by atoms with Gasteiger partial charge in [0.2, 0.25) is 5.91 Å². The van der Waals surface area contributed by atoms with Crippen molar-refractivity contribution >= 4 is 22.6 Å². The first kappa shape index (κ1) is 18.1. The van der Waals surface area contributed by atoms with Crippen molar-refractivity contribution in [3.05, 3.63) is 101 Å². The van der Waals surface area contributed by atoms with Crippen molar-refractivity contribution in [2.24, 2.45) is 0 Å². The Morgan fingerprint density at radius 1 is 0.967 bits per heavy atom. The fourth-order valence-electron chi connectivity index (χ4n) is 3.91. The fourth-order valence-corrected chi connectivity index (χ4v) is 3.91. The first-order chi connectivity index (χ1) is 14.7. The number of carbonyl (C=O) groups is 1. The van der Waals surface area contributed by atoms with Crippen LogP contribution >= 0.6 is 0 Å². The van der Waals surface area contributed by atoms with Gasteiger partial charge in [0.25, 0.3) is 5.56 Å². The molecule has 0 spiro atoms. The minimum absolute atomic E-state index is 0.0838. The summed E-state index contributed by atoms with van der Waals surface area (Å²) in [6, 6.07) is 24.3. The number of para-hydroxylation sites is 4. The molecule has 0 N–H and O–H groups in total. The number of ether oxygens (including phenoxy) is 1. The second kappa shape index (κ2) is 7.48. The number of hydrogen-bond acceptors (Lipinski definition) is 4. The van der Waals surface area contributed by atoms with Crippen LogP contribution in [0.5, 0.6) is 5.75 Å². The van der Waals surface area contributed by atoms with E-state index in [1.165, 1.54) is 10.8 Å². The number of benzene rings is 3. The summed E-state index contributed by atoms with van der Waals surface area (Å²) in [5.74, 6) is 0.475. The molecule has 0 saturated carbocycles. The van der Waals surface area contributed by atoms with E-state index in [0.29, 0.717) is 29.1 Å². The highest BCUT2D eigenvalue weighted by Crippen LogP contribution is 2.39. The third-order valence-electron chi connectivity index (χ3n) is 5.33. The SMILES string of the molecule is O=C(Cn1c(=O)cnc2ccccc21)N1c2ccccc2OCC1c1ccccc1. The molecule has 148 valence electrons.